The van der Waals surface area contributed by atoms with Crippen molar-refractivity contribution in [1.29, 1.82) is 0 Å². The summed E-state index contributed by atoms with van der Waals surface area (Å²) in [5, 5.41) is 26.3. The fraction of sp³-hybridized carbons (Fsp3) is 0. The molecule has 130 valence electrons. The third-order valence-corrected chi connectivity index (χ3v) is 3.62. The predicted octanol–water partition coefficient (Wildman–Crippen LogP) is 4.30. The molecule has 0 atom stereocenters. The Bertz CT molecular complexity index is 958. The summed E-state index contributed by atoms with van der Waals surface area (Å²) >= 11 is 0. The van der Waals surface area contributed by atoms with Crippen LogP contribution in [0.3, 0.4) is 0 Å². The van der Waals surface area contributed by atoms with E-state index in [1.807, 2.05) is 36.4 Å². The summed E-state index contributed by atoms with van der Waals surface area (Å²) in [6.45, 7) is 0. The van der Waals surface area contributed by atoms with Gasteiger partial charge in [0.15, 0.2) is 5.75 Å². The van der Waals surface area contributed by atoms with E-state index >= 15 is 0 Å². The first-order chi connectivity index (χ1) is 12.5. The summed E-state index contributed by atoms with van der Waals surface area (Å²) < 4.78 is 0. The molecule has 3 aromatic rings. The molecule has 0 aromatic heterocycles. The summed E-state index contributed by atoms with van der Waals surface area (Å²) in [5.41, 5.74) is 1.93. The third-order valence-electron chi connectivity index (χ3n) is 3.62. The second kappa shape index (κ2) is 7.35. The third kappa shape index (κ3) is 3.96. The van der Waals surface area contributed by atoms with Gasteiger partial charge in [0.05, 0.1) is 4.92 Å². The Morgan fingerprint density at radius 3 is 2.27 bits per heavy atom. The summed E-state index contributed by atoms with van der Waals surface area (Å²) in [5.74, 6) is -1.03. The quantitative estimate of drug-likeness (QED) is 0.471. The van der Waals surface area contributed by atoms with Crippen LogP contribution in [0.15, 0.2) is 72.8 Å². The molecule has 0 saturated carbocycles. The van der Waals surface area contributed by atoms with E-state index in [9.17, 15) is 20.0 Å². The molecule has 0 aliphatic rings. The molecular formula is C19H15N3O4. The van der Waals surface area contributed by atoms with Crippen LogP contribution in [0, 0.1) is 10.1 Å². The lowest BCUT2D eigenvalue weighted by atomic mass is 10.1. The Morgan fingerprint density at radius 2 is 1.58 bits per heavy atom. The van der Waals surface area contributed by atoms with E-state index in [1.165, 1.54) is 6.07 Å². The molecular weight excluding hydrogens is 334 g/mol. The van der Waals surface area contributed by atoms with Crippen molar-refractivity contribution in [2.24, 2.45) is 0 Å². The normalized spacial score (nSPS) is 10.2. The Balaban J connectivity index is 1.74. The number of hydrogen-bond donors (Lipinski definition) is 3. The molecule has 0 unspecified atom stereocenters. The minimum atomic E-state index is -0.713. The predicted molar refractivity (Wildman–Crippen MR) is 98.9 cm³/mol. The van der Waals surface area contributed by atoms with Gasteiger partial charge in [0.25, 0.3) is 5.91 Å². The van der Waals surface area contributed by atoms with Crippen LogP contribution in [0.25, 0.3) is 0 Å². The van der Waals surface area contributed by atoms with E-state index in [-0.39, 0.29) is 5.56 Å². The average molecular weight is 349 g/mol. The van der Waals surface area contributed by atoms with Crippen LogP contribution in [0.5, 0.6) is 5.75 Å². The summed E-state index contributed by atoms with van der Waals surface area (Å²) in [6.07, 6.45) is 0. The van der Waals surface area contributed by atoms with Crippen molar-refractivity contribution in [3.05, 3.63) is 88.5 Å². The van der Waals surface area contributed by atoms with E-state index in [4.69, 9.17) is 0 Å². The molecule has 7 heteroatoms. The SMILES string of the molecule is O=C(Nc1cccc(Nc2ccccc2)c1)c1ccc([N+](=O)[O-])c(O)c1. The van der Waals surface area contributed by atoms with Crippen molar-refractivity contribution >= 4 is 28.7 Å². The van der Waals surface area contributed by atoms with Gasteiger partial charge in [-0.05, 0) is 42.5 Å². The van der Waals surface area contributed by atoms with Crippen molar-refractivity contribution < 1.29 is 14.8 Å². The van der Waals surface area contributed by atoms with Crippen molar-refractivity contribution in [3.8, 4) is 5.75 Å². The number of aromatic hydroxyl groups is 1. The van der Waals surface area contributed by atoms with E-state index in [0.717, 1.165) is 23.5 Å². The molecule has 0 aliphatic carbocycles. The first kappa shape index (κ1) is 17.0. The first-order valence-electron chi connectivity index (χ1n) is 7.74. The number of para-hydroxylation sites is 1. The standard InChI is InChI=1S/C19H15N3O4/c23-18-11-13(9-10-17(18)22(25)26)19(24)21-16-8-4-7-15(12-16)20-14-5-2-1-3-6-14/h1-12,20,23H,(H,21,24). The molecule has 0 aliphatic heterocycles. The number of nitro groups is 1. The maximum atomic E-state index is 12.3. The molecule has 7 nitrogen and oxygen atoms in total. The van der Waals surface area contributed by atoms with Crippen molar-refractivity contribution in [2.75, 3.05) is 10.6 Å². The largest absolute Gasteiger partial charge is 0.502 e. The topological polar surface area (TPSA) is 104 Å². The lowest BCUT2D eigenvalue weighted by Gasteiger charge is -2.10. The number of nitrogens with one attached hydrogen (secondary N) is 2. The molecule has 0 radical (unpaired) electrons. The number of carbonyl (C=O) groups is 1. The van der Waals surface area contributed by atoms with Gasteiger partial charge < -0.3 is 15.7 Å². The Labute approximate surface area is 149 Å². The number of rotatable bonds is 5. The first-order valence-corrected chi connectivity index (χ1v) is 7.74. The maximum Gasteiger partial charge on any atom is 0.310 e. The second-order valence-corrected chi connectivity index (χ2v) is 5.49. The monoisotopic (exact) mass is 349 g/mol. The van der Waals surface area contributed by atoms with Gasteiger partial charge in [0.1, 0.15) is 0 Å². The van der Waals surface area contributed by atoms with E-state index in [1.54, 1.807) is 18.2 Å². The highest BCUT2D eigenvalue weighted by Gasteiger charge is 2.16. The second-order valence-electron chi connectivity index (χ2n) is 5.49. The molecule has 26 heavy (non-hydrogen) atoms. The number of hydrogen-bond acceptors (Lipinski definition) is 5. The van der Waals surface area contributed by atoms with Gasteiger partial charge in [-0.3, -0.25) is 14.9 Å². The Hall–Kier alpha value is -3.87. The molecule has 0 saturated heterocycles. The van der Waals surface area contributed by atoms with Gasteiger partial charge in [0, 0.05) is 28.7 Å². The highest BCUT2D eigenvalue weighted by Crippen LogP contribution is 2.27. The maximum absolute atomic E-state index is 12.3. The van der Waals surface area contributed by atoms with Crippen molar-refractivity contribution in [1.82, 2.24) is 0 Å². The number of anilines is 3. The smallest absolute Gasteiger partial charge is 0.310 e. The molecule has 3 N–H and O–H groups in total. The highest BCUT2D eigenvalue weighted by atomic mass is 16.6. The number of phenols is 1. The molecule has 3 aromatic carbocycles. The summed E-state index contributed by atoms with van der Waals surface area (Å²) in [4.78, 5) is 22.3. The number of benzene rings is 3. The molecule has 0 fully saturated rings. The number of nitrogens with zero attached hydrogens (tertiary/aromatic N) is 1. The van der Waals surface area contributed by atoms with Crippen LogP contribution >= 0.6 is 0 Å². The molecule has 3 rings (SSSR count). The van der Waals surface area contributed by atoms with Crippen LogP contribution < -0.4 is 10.6 Å². The molecule has 0 heterocycles. The zero-order valence-corrected chi connectivity index (χ0v) is 13.5. The number of nitro benzene ring substituents is 1. The molecule has 0 spiro atoms. The van der Waals surface area contributed by atoms with E-state index < -0.39 is 22.3 Å². The zero-order valence-electron chi connectivity index (χ0n) is 13.5. The molecule has 1 amide bonds. The molecule has 0 bridgehead atoms. The Morgan fingerprint density at radius 1 is 0.885 bits per heavy atom. The van der Waals surface area contributed by atoms with Crippen molar-refractivity contribution in [2.45, 2.75) is 0 Å². The van der Waals surface area contributed by atoms with Crippen LogP contribution in [-0.4, -0.2) is 15.9 Å². The van der Waals surface area contributed by atoms with E-state index in [2.05, 4.69) is 10.6 Å². The number of phenolic OH excluding ortho intramolecular Hbond substituents is 1. The highest BCUT2D eigenvalue weighted by molar-refractivity contribution is 6.05. The van der Waals surface area contributed by atoms with E-state index in [0.29, 0.717) is 5.69 Å². The van der Waals surface area contributed by atoms with Crippen LogP contribution in [0.4, 0.5) is 22.7 Å². The number of carbonyl (C=O) groups excluding carboxylic acids is 1. The van der Waals surface area contributed by atoms with Gasteiger partial charge in [-0.1, -0.05) is 24.3 Å². The fourth-order valence-corrected chi connectivity index (χ4v) is 2.39. The average Bonchev–Trinajstić information content (AvgIpc) is 2.62. The van der Waals surface area contributed by atoms with Crippen molar-refractivity contribution in [3.63, 3.8) is 0 Å². The van der Waals surface area contributed by atoms with Gasteiger partial charge in [-0.2, -0.15) is 0 Å². The van der Waals surface area contributed by atoms with Gasteiger partial charge in [-0.25, -0.2) is 0 Å². The number of amides is 1. The zero-order chi connectivity index (χ0) is 18.5. The minimum absolute atomic E-state index is 0.120. The van der Waals surface area contributed by atoms with Crippen LogP contribution in [-0.2, 0) is 0 Å². The summed E-state index contributed by atoms with van der Waals surface area (Å²) in [6, 6.07) is 20.2. The van der Waals surface area contributed by atoms with Crippen LogP contribution in [0.1, 0.15) is 10.4 Å². The lowest BCUT2D eigenvalue weighted by molar-refractivity contribution is -0.385. The van der Waals surface area contributed by atoms with Gasteiger partial charge in [-0.15, -0.1) is 0 Å². The summed E-state index contributed by atoms with van der Waals surface area (Å²) in [7, 11) is 0. The lowest BCUT2D eigenvalue weighted by Crippen LogP contribution is -2.12. The fourth-order valence-electron chi connectivity index (χ4n) is 2.39. The van der Waals surface area contributed by atoms with Gasteiger partial charge in [0.2, 0.25) is 0 Å². The minimum Gasteiger partial charge on any atom is -0.502 e. The van der Waals surface area contributed by atoms with Crippen LogP contribution in [0.2, 0.25) is 0 Å². The Kier molecular flexibility index (Phi) is 4.80. The van der Waals surface area contributed by atoms with Gasteiger partial charge >= 0.3 is 5.69 Å².